The molecule has 1 aromatic carbocycles. The number of amides is 1. The van der Waals surface area contributed by atoms with Crippen molar-refractivity contribution in [1.82, 2.24) is 9.88 Å². The number of carbonyl (C=O) groups is 2. The highest BCUT2D eigenvalue weighted by Gasteiger charge is 2.15. The zero-order chi connectivity index (χ0) is 17.0. The standard InChI is InChI=1S/C17H18N2O4/c1-11-8-9-14(17(22)23)16(21)19(11)10-15(20)18-12(2)13-6-4-3-5-7-13/h3-9,12H,10H2,1-2H3,(H,18,20)(H,22,23). The van der Waals surface area contributed by atoms with E-state index >= 15 is 0 Å². The number of carbonyl (C=O) groups excluding carboxylic acids is 1. The minimum atomic E-state index is -1.30. The molecular weight excluding hydrogens is 296 g/mol. The first-order valence-corrected chi connectivity index (χ1v) is 7.18. The molecule has 0 saturated heterocycles. The maximum absolute atomic E-state index is 12.2. The molecule has 1 unspecified atom stereocenters. The third-order valence-electron chi connectivity index (χ3n) is 3.60. The number of aromatic nitrogens is 1. The Morgan fingerprint density at radius 3 is 2.43 bits per heavy atom. The summed E-state index contributed by atoms with van der Waals surface area (Å²) < 4.78 is 1.16. The first kappa shape index (κ1) is 16.5. The fourth-order valence-corrected chi connectivity index (χ4v) is 2.29. The normalized spacial score (nSPS) is 11.7. The second-order valence-electron chi connectivity index (χ2n) is 5.28. The zero-order valence-electron chi connectivity index (χ0n) is 12.9. The minimum absolute atomic E-state index is 0.206. The van der Waals surface area contributed by atoms with Crippen molar-refractivity contribution in [2.45, 2.75) is 26.4 Å². The molecular formula is C17H18N2O4. The maximum Gasteiger partial charge on any atom is 0.341 e. The number of aromatic carboxylic acids is 1. The summed E-state index contributed by atoms with van der Waals surface area (Å²) in [6, 6.07) is 12.0. The van der Waals surface area contributed by atoms with Gasteiger partial charge in [-0.05, 0) is 31.5 Å². The Labute approximate surface area is 133 Å². The van der Waals surface area contributed by atoms with Crippen molar-refractivity contribution in [3.63, 3.8) is 0 Å². The average molecular weight is 314 g/mol. The van der Waals surface area contributed by atoms with Crippen LogP contribution in [0.3, 0.4) is 0 Å². The van der Waals surface area contributed by atoms with E-state index in [0.29, 0.717) is 5.69 Å². The van der Waals surface area contributed by atoms with Gasteiger partial charge in [-0.15, -0.1) is 0 Å². The van der Waals surface area contributed by atoms with E-state index in [0.717, 1.165) is 10.1 Å². The zero-order valence-corrected chi connectivity index (χ0v) is 12.9. The topological polar surface area (TPSA) is 88.4 Å². The molecule has 0 spiro atoms. The van der Waals surface area contributed by atoms with E-state index in [1.165, 1.54) is 12.1 Å². The van der Waals surface area contributed by atoms with Crippen LogP contribution in [0.2, 0.25) is 0 Å². The third kappa shape index (κ3) is 3.85. The Morgan fingerprint density at radius 1 is 1.17 bits per heavy atom. The number of nitrogens with zero attached hydrogens (tertiary/aromatic N) is 1. The molecule has 0 bridgehead atoms. The average Bonchev–Trinajstić information content (AvgIpc) is 2.51. The lowest BCUT2D eigenvalue weighted by molar-refractivity contribution is -0.122. The number of carboxylic acid groups (broad SMARTS) is 1. The van der Waals surface area contributed by atoms with E-state index in [-0.39, 0.29) is 24.1 Å². The lowest BCUT2D eigenvalue weighted by Gasteiger charge is -2.16. The molecule has 0 aliphatic heterocycles. The molecule has 1 aromatic heterocycles. The van der Waals surface area contributed by atoms with Gasteiger partial charge in [-0.2, -0.15) is 0 Å². The van der Waals surface area contributed by atoms with E-state index in [1.54, 1.807) is 6.92 Å². The fraction of sp³-hybridized carbons (Fsp3) is 0.235. The number of carboxylic acids is 1. The molecule has 0 fully saturated rings. The molecule has 0 radical (unpaired) electrons. The van der Waals surface area contributed by atoms with Crippen molar-refractivity contribution in [2.75, 3.05) is 0 Å². The Balaban J connectivity index is 2.16. The van der Waals surface area contributed by atoms with E-state index in [2.05, 4.69) is 5.32 Å². The fourth-order valence-electron chi connectivity index (χ4n) is 2.29. The summed E-state index contributed by atoms with van der Waals surface area (Å²) in [6.45, 7) is 3.28. The molecule has 2 N–H and O–H groups in total. The van der Waals surface area contributed by atoms with Crippen molar-refractivity contribution in [1.29, 1.82) is 0 Å². The van der Waals surface area contributed by atoms with Crippen molar-refractivity contribution < 1.29 is 14.7 Å². The van der Waals surface area contributed by atoms with Crippen LogP contribution >= 0.6 is 0 Å². The summed E-state index contributed by atoms with van der Waals surface area (Å²) in [4.78, 5) is 35.3. The first-order chi connectivity index (χ1) is 10.9. The Kier molecular flexibility index (Phi) is 4.95. The minimum Gasteiger partial charge on any atom is -0.477 e. The highest BCUT2D eigenvalue weighted by molar-refractivity contribution is 5.87. The van der Waals surface area contributed by atoms with Crippen LogP contribution in [0.15, 0.2) is 47.3 Å². The third-order valence-corrected chi connectivity index (χ3v) is 3.60. The monoisotopic (exact) mass is 314 g/mol. The molecule has 0 aliphatic rings. The molecule has 2 aromatic rings. The van der Waals surface area contributed by atoms with Crippen LogP contribution < -0.4 is 10.9 Å². The van der Waals surface area contributed by atoms with E-state index < -0.39 is 11.5 Å². The Morgan fingerprint density at radius 2 is 1.83 bits per heavy atom. The number of nitrogens with one attached hydrogen (secondary N) is 1. The number of aryl methyl sites for hydroxylation is 1. The lowest BCUT2D eigenvalue weighted by atomic mass is 10.1. The Hall–Kier alpha value is -2.89. The van der Waals surface area contributed by atoms with Gasteiger partial charge < -0.3 is 15.0 Å². The molecule has 6 nitrogen and oxygen atoms in total. The molecule has 0 aliphatic carbocycles. The van der Waals surface area contributed by atoms with Crippen LogP contribution in [-0.2, 0) is 11.3 Å². The van der Waals surface area contributed by atoms with Gasteiger partial charge in [-0.1, -0.05) is 30.3 Å². The highest BCUT2D eigenvalue weighted by Crippen LogP contribution is 2.11. The van der Waals surface area contributed by atoms with Crippen LogP contribution in [0.1, 0.15) is 34.6 Å². The predicted molar refractivity (Wildman–Crippen MR) is 85.4 cm³/mol. The highest BCUT2D eigenvalue weighted by atomic mass is 16.4. The second-order valence-corrected chi connectivity index (χ2v) is 5.28. The molecule has 1 atom stereocenters. The number of pyridine rings is 1. The Bertz CT molecular complexity index is 781. The van der Waals surface area contributed by atoms with Gasteiger partial charge in [-0.3, -0.25) is 9.59 Å². The smallest absolute Gasteiger partial charge is 0.341 e. The summed E-state index contributed by atoms with van der Waals surface area (Å²) >= 11 is 0. The SMILES string of the molecule is Cc1ccc(C(=O)O)c(=O)n1CC(=O)NC(C)c1ccccc1. The quantitative estimate of drug-likeness (QED) is 0.879. The van der Waals surface area contributed by atoms with Crippen LogP contribution in [0.25, 0.3) is 0 Å². The molecule has 0 saturated carbocycles. The van der Waals surface area contributed by atoms with Crippen LogP contribution in [0, 0.1) is 6.92 Å². The summed E-state index contributed by atoms with van der Waals surface area (Å²) in [5, 5.41) is 11.8. The van der Waals surface area contributed by atoms with Crippen molar-refractivity contribution >= 4 is 11.9 Å². The summed E-state index contributed by atoms with van der Waals surface area (Å²) in [7, 11) is 0. The van der Waals surface area contributed by atoms with Gasteiger partial charge in [0.15, 0.2) is 0 Å². The first-order valence-electron chi connectivity index (χ1n) is 7.18. The van der Waals surface area contributed by atoms with Gasteiger partial charge in [0.05, 0.1) is 6.04 Å². The molecule has 6 heteroatoms. The van der Waals surface area contributed by atoms with Crippen molar-refractivity contribution in [3.05, 3.63) is 69.6 Å². The van der Waals surface area contributed by atoms with Crippen molar-refractivity contribution in [2.24, 2.45) is 0 Å². The van der Waals surface area contributed by atoms with E-state index in [1.807, 2.05) is 37.3 Å². The van der Waals surface area contributed by atoms with Gasteiger partial charge >= 0.3 is 5.97 Å². The number of benzene rings is 1. The molecule has 1 heterocycles. The van der Waals surface area contributed by atoms with E-state index in [9.17, 15) is 14.4 Å². The van der Waals surface area contributed by atoms with Gasteiger partial charge in [0.2, 0.25) is 5.91 Å². The number of hydrogen-bond acceptors (Lipinski definition) is 3. The van der Waals surface area contributed by atoms with Gasteiger partial charge in [0, 0.05) is 5.69 Å². The number of hydrogen-bond donors (Lipinski definition) is 2. The van der Waals surface area contributed by atoms with Crippen LogP contribution in [0.5, 0.6) is 0 Å². The summed E-state index contributed by atoms with van der Waals surface area (Å²) in [5.74, 6) is -1.66. The maximum atomic E-state index is 12.2. The van der Waals surface area contributed by atoms with Crippen molar-refractivity contribution in [3.8, 4) is 0 Å². The predicted octanol–water partition coefficient (Wildman–Crippen LogP) is 1.73. The van der Waals surface area contributed by atoms with Crippen LogP contribution in [0.4, 0.5) is 0 Å². The largest absolute Gasteiger partial charge is 0.477 e. The summed E-state index contributed by atoms with van der Waals surface area (Å²) in [6.07, 6.45) is 0. The molecule has 120 valence electrons. The molecule has 23 heavy (non-hydrogen) atoms. The van der Waals surface area contributed by atoms with Gasteiger partial charge in [0.25, 0.3) is 5.56 Å². The van der Waals surface area contributed by atoms with Gasteiger partial charge in [0.1, 0.15) is 12.1 Å². The summed E-state index contributed by atoms with van der Waals surface area (Å²) in [5.41, 5.74) is 0.450. The molecule has 2 rings (SSSR count). The molecule has 1 amide bonds. The van der Waals surface area contributed by atoms with Crippen LogP contribution in [-0.4, -0.2) is 21.6 Å². The second kappa shape index (κ2) is 6.91. The number of rotatable bonds is 5. The van der Waals surface area contributed by atoms with E-state index in [4.69, 9.17) is 5.11 Å². The lowest BCUT2D eigenvalue weighted by Crippen LogP contribution is -2.36. The van der Waals surface area contributed by atoms with Gasteiger partial charge in [-0.25, -0.2) is 4.79 Å².